The summed E-state index contributed by atoms with van der Waals surface area (Å²) in [5.74, 6) is -0.210. The lowest BCUT2D eigenvalue weighted by Gasteiger charge is -2.26. The van der Waals surface area contributed by atoms with E-state index in [0.717, 1.165) is 11.7 Å². The van der Waals surface area contributed by atoms with Crippen molar-refractivity contribution in [3.8, 4) is 0 Å². The summed E-state index contributed by atoms with van der Waals surface area (Å²) in [5.41, 5.74) is 0.997. The lowest BCUT2D eigenvalue weighted by molar-refractivity contribution is -0.143. The highest BCUT2D eigenvalue weighted by molar-refractivity contribution is 7.95. The fraction of sp³-hybridized carbons (Fsp3) is 0.100. The summed E-state index contributed by atoms with van der Waals surface area (Å²) < 4.78 is 5.43. The number of hydrogen-bond donors (Lipinski definition) is 0. The van der Waals surface area contributed by atoms with E-state index >= 15 is 0 Å². The summed E-state index contributed by atoms with van der Waals surface area (Å²) in [6.07, 6.45) is 5.23. The van der Waals surface area contributed by atoms with Gasteiger partial charge in [0.25, 0.3) is 0 Å². The van der Waals surface area contributed by atoms with Crippen LogP contribution in [0.1, 0.15) is 12.0 Å². The van der Waals surface area contributed by atoms with Gasteiger partial charge in [-0.3, -0.25) is 4.79 Å². The van der Waals surface area contributed by atoms with Crippen molar-refractivity contribution in [2.24, 2.45) is 0 Å². The van der Waals surface area contributed by atoms with Gasteiger partial charge in [0, 0.05) is 0 Å². The van der Waals surface area contributed by atoms with Gasteiger partial charge in [-0.1, -0.05) is 91.0 Å². The van der Waals surface area contributed by atoms with E-state index in [9.17, 15) is 4.79 Å². The lowest BCUT2D eigenvalue weighted by atomic mass is 10.2. The predicted octanol–water partition coefficient (Wildman–Crippen LogP) is 5.67. The molecule has 2 nitrogen and oxygen atoms in total. The lowest BCUT2D eigenvalue weighted by Crippen LogP contribution is -2.32. The number of allylic oxidation sites excluding steroid dienone is 1. The molecule has 4 rings (SSSR count). The number of carbonyl (C=O) groups excluding carboxylic acids is 1. The van der Waals surface area contributed by atoms with Gasteiger partial charge in [0.15, 0.2) is 0 Å². The maximum atomic E-state index is 12.3. The molecule has 0 heterocycles. The number of hydrogen-bond acceptors (Lipinski definition) is 2. The summed E-state index contributed by atoms with van der Waals surface area (Å²) in [6.45, 7) is 0.308. The highest BCUT2D eigenvalue weighted by Crippen LogP contribution is 2.55. The van der Waals surface area contributed by atoms with Crippen molar-refractivity contribution in [3.63, 3.8) is 0 Å². The first-order valence-corrected chi connectivity index (χ1v) is 13.2. The summed E-state index contributed by atoms with van der Waals surface area (Å²) >= 11 is 0. The van der Waals surface area contributed by atoms with E-state index in [-0.39, 0.29) is 12.4 Å². The van der Waals surface area contributed by atoms with Crippen molar-refractivity contribution in [1.29, 1.82) is 0 Å². The van der Waals surface area contributed by atoms with E-state index in [1.807, 2.05) is 36.4 Å². The Morgan fingerprint density at radius 2 is 1.03 bits per heavy atom. The zero-order chi connectivity index (χ0) is 22.8. The van der Waals surface area contributed by atoms with Crippen molar-refractivity contribution in [3.05, 3.63) is 139 Å². The zero-order valence-electron chi connectivity index (χ0n) is 18.6. The van der Waals surface area contributed by atoms with E-state index in [4.69, 9.17) is 4.74 Å². The average Bonchev–Trinajstić information content (AvgIpc) is 2.90. The molecule has 0 fully saturated rings. The molecule has 4 aromatic carbocycles. The molecule has 0 radical (unpaired) electrons. The number of esters is 1. The van der Waals surface area contributed by atoms with Crippen molar-refractivity contribution >= 4 is 29.1 Å². The monoisotopic (exact) mass is 451 g/mol. The Morgan fingerprint density at radius 3 is 1.48 bits per heavy atom. The van der Waals surface area contributed by atoms with Crippen LogP contribution < -0.4 is 15.9 Å². The van der Waals surface area contributed by atoms with Crippen LogP contribution in [0.3, 0.4) is 0 Å². The Morgan fingerprint density at radius 1 is 0.606 bits per heavy atom. The maximum absolute atomic E-state index is 12.3. The van der Waals surface area contributed by atoms with Gasteiger partial charge in [-0.15, -0.1) is 0 Å². The molecule has 0 atom stereocenters. The third-order valence-corrected chi connectivity index (χ3v) is 9.96. The van der Waals surface area contributed by atoms with Crippen LogP contribution in [-0.2, 0) is 16.1 Å². The van der Waals surface area contributed by atoms with Gasteiger partial charge < -0.3 is 4.74 Å². The molecule has 0 bridgehead atoms. The van der Waals surface area contributed by atoms with E-state index < -0.39 is 7.26 Å². The van der Waals surface area contributed by atoms with Gasteiger partial charge in [-0.2, -0.15) is 0 Å². The molecule has 0 spiro atoms. The first-order valence-electron chi connectivity index (χ1n) is 11.2. The Bertz CT molecular complexity index is 1060. The highest BCUT2D eigenvalue weighted by Gasteiger charge is 2.43. The Kier molecular flexibility index (Phi) is 7.85. The molecule has 3 heteroatoms. The Balaban J connectivity index is 1.57. The van der Waals surface area contributed by atoms with E-state index in [1.165, 1.54) is 15.9 Å². The van der Waals surface area contributed by atoms with Crippen molar-refractivity contribution in [1.82, 2.24) is 0 Å². The van der Waals surface area contributed by atoms with Crippen LogP contribution in [0.15, 0.2) is 133 Å². The summed E-state index contributed by atoms with van der Waals surface area (Å²) in [6, 6.07) is 42.0. The number of carbonyl (C=O) groups is 1. The second-order valence-corrected chi connectivity index (χ2v) is 11.4. The molecule has 0 saturated carbocycles. The van der Waals surface area contributed by atoms with Gasteiger partial charge in [-0.05, 0) is 48.0 Å². The topological polar surface area (TPSA) is 26.3 Å². The average molecular weight is 452 g/mol. The highest BCUT2D eigenvalue weighted by atomic mass is 31.2. The Labute approximate surface area is 196 Å². The van der Waals surface area contributed by atoms with Crippen LogP contribution in [0, 0.1) is 0 Å². The molecule has 4 aromatic rings. The van der Waals surface area contributed by atoms with Gasteiger partial charge in [-0.25, -0.2) is 0 Å². The SMILES string of the molecule is O=C(CC=CC[P+](c1ccccc1)(c1ccccc1)c1ccccc1)OCc1ccccc1. The molecule has 0 N–H and O–H groups in total. The minimum Gasteiger partial charge on any atom is -0.461 e. The molecule has 33 heavy (non-hydrogen) atoms. The minimum absolute atomic E-state index is 0.210. The van der Waals surface area contributed by atoms with Crippen LogP contribution in [-0.4, -0.2) is 12.1 Å². The van der Waals surface area contributed by atoms with Crippen LogP contribution >= 0.6 is 7.26 Å². The molecule has 0 saturated heterocycles. The molecule has 164 valence electrons. The molecule has 0 amide bonds. The van der Waals surface area contributed by atoms with Gasteiger partial charge >= 0.3 is 5.97 Å². The summed E-state index contributed by atoms with van der Waals surface area (Å²) in [7, 11) is -1.92. The molecule has 0 unspecified atom stereocenters. The largest absolute Gasteiger partial charge is 0.461 e. The van der Waals surface area contributed by atoms with Crippen LogP contribution in [0.25, 0.3) is 0 Å². The molecule has 0 aliphatic rings. The minimum atomic E-state index is -1.92. The number of benzene rings is 4. The first-order chi connectivity index (χ1) is 16.3. The normalized spacial score (nSPS) is 11.4. The Hall–Kier alpha value is -3.48. The predicted molar refractivity (Wildman–Crippen MR) is 140 cm³/mol. The quantitative estimate of drug-likeness (QED) is 0.186. The third kappa shape index (κ3) is 5.66. The van der Waals surface area contributed by atoms with E-state index in [0.29, 0.717) is 6.61 Å². The third-order valence-electron chi connectivity index (χ3n) is 5.66. The number of rotatable bonds is 9. The number of ether oxygens (including phenoxy) is 1. The fourth-order valence-corrected chi connectivity index (χ4v) is 8.06. The zero-order valence-corrected chi connectivity index (χ0v) is 19.5. The van der Waals surface area contributed by atoms with E-state index in [2.05, 4.69) is 97.1 Å². The van der Waals surface area contributed by atoms with Crippen LogP contribution in [0.4, 0.5) is 0 Å². The second-order valence-electron chi connectivity index (χ2n) is 7.82. The molecule has 0 aromatic heterocycles. The fourth-order valence-electron chi connectivity index (χ4n) is 4.02. The molecular formula is C30H28O2P+. The maximum Gasteiger partial charge on any atom is 0.309 e. The summed E-state index contributed by atoms with van der Waals surface area (Å²) in [5, 5.41) is 4.00. The van der Waals surface area contributed by atoms with Crippen molar-refractivity contribution < 1.29 is 9.53 Å². The first kappa shape index (κ1) is 22.7. The van der Waals surface area contributed by atoms with Crippen LogP contribution in [0.5, 0.6) is 0 Å². The van der Waals surface area contributed by atoms with Gasteiger partial charge in [0.2, 0.25) is 0 Å². The second kappa shape index (κ2) is 11.4. The smallest absolute Gasteiger partial charge is 0.309 e. The molecule has 0 aliphatic carbocycles. The molecule has 0 aliphatic heterocycles. The van der Waals surface area contributed by atoms with Gasteiger partial charge in [0.1, 0.15) is 29.8 Å². The van der Waals surface area contributed by atoms with Crippen LogP contribution in [0.2, 0.25) is 0 Å². The van der Waals surface area contributed by atoms with E-state index in [1.54, 1.807) is 0 Å². The van der Waals surface area contributed by atoms with Crippen molar-refractivity contribution in [2.75, 3.05) is 6.16 Å². The standard InChI is InChI=1S/C30H28O2P/c31-30(32-25-26-15-5-1-6-16-26)23-13-14-24-33(27-17-7-2-8-18-27,28-19-9-3-10-20-28)29-21-11-4-12-22-29/h1-22H,23-25H2/q+1. The molecular weight excluding hydrogens is 423 g/mol. The summed E-state index contributed by atoms with van der Waals surface area (Å²) in [4.78, 5) is 12.3. The van der Waals surface area contributed by atoms with Crippen molar-refractivity contribution in [2.45, 2.75) is 13.0 Å². The van der Waals surface area contributed by atoms with Gasteiger partial charge in [0.05, 0.1) is 12.6 Å².